The maximum atomic E-state index is 10.9. The summed E-state index contributed by atoms with van der Waals surface area (Å²) in [5, 5.41) is 8.41. The molecular formula is C7H7N3O. The van der Waals surface area contributed by atoms with Crippen molar-refractivity contribution in [1.29, 1.82) is 5.26 Å². The minimum absolute atomic E-state index is 0.0492. The van der Waals surface area contributed by atoms with Crippen LogP contribution >= 0.6 is 0 Å². The second-order valence-electron chi connectivity index (χ2n) is 2.20. The number of pyridine rings is 1. The number of nitrogens with one attached hydrogen (secondary N) is 1. The van der Waals surface area contributed by atoms with Crippen molar-refractivity contribution in [2.75, 3.05) is 5.73 Å². The van der Waals surface area contributed by atoms with Crippen LogP contribution in [0.3, 0.4) is 0 Å². The van der Waals surface area contributed by atoms with Gasteiger partial charge < -0.3 is 10.7 Å². The molecule has 0 amide bonds. The van der Waals surface area contributed by atoms with E-state index in [4.69, 9.17) is 11.0 Å². The lowest BCUT2D eigenvalue weighted by Crippen LogP contribution is -2.12. The zero-order valence-electron chi connectivity index (χ0n) is 6.01. The fourth-order valence-electron chi connectivity index (χ4n) is 0.722. The van der Waals surface area contributed by atoms with Gasteiger partial charge in [0.2, 0.25) is 0 Å². The van der Waals surface area contributed by atoms with E-state index in [2.05, 4.69) is 4.98 Å². The number of hydrogen-bond acceptors (Lipinski definition) is 3. The highest BCUT2D eigenvalue weighted by molar-refractivity contribution is 5.47. The molecule has 1 aromatic rings. The Bertz CT molecular complexity index is 372. The molecule has 1 heterocycles. The number of rotatable bonds is 0. The van der Waals surface area contributed by atoms with Gasteiger partial charge in [-0.2, -0.15) is 5.26 Å². The van der Waals surface area contributed by atoms with Crippen LogP contribution in [0.2, 0.25) is 0 Å². The molecule has 1 rings (SSSR count). The number of aromatic amines is 1. The SMILES string of the molecule is Cc1[nH]c(=O)c(C#N)cc1N. The molecule has 11 heavy (non-hydrogen) atoms. The Hall–Kier alpha value is -1.76. The normalized spacial score (nSPS) is 9.09. The van der Waals surface area contributed by atoms with E-state index in [1.807, 2.05) is 0 Å². The first-order valence-electron chi connectivity index (χ1n) is 3.04. The van der Waals surface area contributed by atoms with E-state index >= 15 is 0 Å². The van der Waals surface area contributed by atoms with E-state index in [9.17, 15) is 4.79 Å². The molecule has 0 radical (unpaired) electrons. The van der Waals surface area contributed by atoms with Gasteiger partial charge in [0, 0.05) is 5.69 Å². The smallest absolute Gasteiger partial charge is 0.266 e. The second kappa shape index (κ2) is 2.46. The highest BCUT2D eigenvalue weighted by Crippen LogP contribution is 2.04. The van der Waals surface area contributed by atoms with E-state index in [0.29, 0.717) is 11.4 Å². The highest BCUT2D eigenvalue weighted by Gasteiger charge is 2.00. The summed E-state index contributed by atoms with van der Waals surface area (Å²) < 4.78 is 0. The van der Waals surface area contributed by atoms with Gasteiger partial charge >= 0.3 is 0 Å². The molecule has 4 nitrogen and oxygen atoms in total. The molecule has 4 heteroatoms. The topological polar surface area (TPSA) is 82.7 Å². The Morgan fingerprint density at radius 1 is 1.73 bits per heavy atom. The van der Waals surface area contributed by atoms with Gasteiger partial charge in [0.15, 0.2) is 0 Å². The number of nitrogen functional groups attached to an aromatic ring is 1. The van der Waals surface area contributed by atoms with Gasteiger partial charge in [0.25, 0.3) is 5.56 Å². The third kappa shape index (κ3) is 1.22. The Kier molecular flexibility index (Phi) is 1.65. The van der Waals surface area contributed by atoms with Gasteiger partial charge in [-0.1, -0.05) is 0 Å². The summed E-state index contributed by atoms with van der Waals surface area (Å²) in [6.45, 7) is 1.68. The van der Waals surface area contributed by atoms with E-state index in [-0.39, 0.29) is 11.1 Å². The predicted octanol–water partition coefficient (Wildman–Crippen LogP) is 0.137. The first-order chi connectivity index (χ1) is 5.15. The quantitative estimate of drug-likeness (QED) is 0.550. The van der Waals surface area contributed by atoms with Gasteiger partial charge in [-0.3, -0.25) is 4.79 Å². The molecule has 0 bridgehead atoms. The Labute approximate surface area is 63.3 Å². The Morgan fingerprint density at radius 2 is 2.36 bits per heavy atom. The summed E-state index contributed by atoms with van der Waals surface area (Å²) in [4.78, 5) is 13.3. The van der Waals surface area contributed by atoms with Gasteiger partial charge in [0.1, 0.15) is 11.6 Å². The molecule has 0 aliphatic rings. The second-order valence-corrected chi connectivity index (χ2v) is 2.20. The van der Waals surface area contributed by atoms with Crippen LogP contribution < -0.4 is 11.3 Å². The number of nitrogens with two attached hydrogens (primary N) is 1. The number of nitrogens with zero attached hydrogens (tertiary/aromatic N) is 1. The minimum atomic E-state index is -0.390. The third-order valence-electron chi connectivity index (χ3n) is 1.40. The average molecular weight is 149 g/mol. The molecule has 0 fully saturated rings. The highest BCUT2D eigenvalue weighted by atomic mass is 16.1. The number of anilines is 1. The Balaban J connectivity index is 3.48. The van der Waals surface area contributed by atoms with Crippen molar-refractivity contribution in [3.05, 3.63) is 27.7 Å². The van der Waals surface area contributed by atoms with Crippen LogP contribution in [0.15, 0.2) is 10.9 Å². The molecule has 3 N–H and O–H groups in total. The third-order valence-corrected chi connectivity index (χ3v) is 1.40. The van der Waals surface area contributed by atoms with Gasteiger partial charge in [0.05, 0.1) is 5.69 Å². The van der Waals surface area contributed by atoms with Crippen molar-refractivity contribution >= 4 is 5.69 Å². The first kappa shape index (κ1) is 7.35. The molecular weight excluding hydrogens is 142 g/mol. The van der Waals surface area contributed by atoms with Crippen molar-refractivity contribution in [1.82, 2.24) is 4.98 Å². The largest absolute Gasteiger partial charge is 0.397 e. The molecule has 1 aromatic heterocycles. The summed E-state index contributed by atoms with van der Waals surface area (Å²) in [7, 11) is 0. The summed E-state index contributed by atoms with van der Waals surface area (Å²) >= 11 is 0. The van der Waals surface area contributed by atoms with E-state index in [1.165, 1.54) is 6.07 Å². The number of aryl methyl sites for hydroxylation is 1. The van der Waals surface area contributed by atoms with Crippen molar-refractivity contribution in [2.24, 2.45) is 0 Å². The van der Waals surface area contributed by atoms with Gasteiger partial charge in [-0.25, -0.2) is 0 Å². The lowest BCUT2D eigenvalue weighted by Gasteiger charge is -1.97. The van der Waals surface area contributed by atoms with Crippen LogP contribution in [0.1, 0.15) is 11.3 Å². The number of aromatic nitrogens is 1. The first-order valence-corrected chi connectivity index (χ1v) is 3.04. The van der Waals surface area contributed by atoms with Crippen molar-refractivity contribution in [2.45, 2.75) is 6.92 Å². The maximum Gasteiger partial charge on any atom is 0.266 e. The van der Waals surface area contributed by atoms with Crippen molar-refractivity contribution in [3.63, 3.8) is 0 Å². The fraction of sp³-hybridized carbons (Fsp3) is 0.143. The van der Waals surface area contributed by atoms with Crippen molar-refractivity contribution in [3.8, 4) is 6.07 Å². The fourth-order valence-corrected chi connectivity index (χ4v) is 0.722. The van der Waals surface area contributed by atoms with E-state index in [0.717, 1.165) is 0 Å². The summed E-state index contributed by atoms with van der Waals surface area (Å²) in [6.07, 6.45) is 0. The van der Waals surface area contributed by atoms with Crippen LogP contribution in [-0.2, 0) is 0 Å². The standard InChI is InChI=1S/C7H7N3O/c1-4-6(9)2-5(3-8)7(11)10-4/h2H,9H2,1H3,(H,10,11). The summed E-state index contributed by atoms with van der Waals surface area (Å²) in [5.41, 5.74) is 6.13. The lowest BCUT2D eigenvalue weighted by molar-refractivity contribution is 1.13. The van der Waals surface area contributed by atoms with Crippen molar-refractivity contribution < 1.29 is 0 Å². The lowest BCUT2D eigenvalue weighted by atomic mass is 10.2. The molecule has 0 aliphatic carbocycles. The van der Waals surface area contributed by atoms with Crippen LogP contribution in [-0.4, -0.2) is 4.98 Å². The van der Waals surface area contributed by atoms with Gasteiger partial charge in [-0.05, 0) is 13.0 Å². The molecule has 0 aliphatic heterocycles. The van der Waals surface area contributed by atoms with Crippen LogP contribution in [0.25, 0.3) is 0 Å². The molecule has 0 saturated heterocycles. The molecule has 56 valence electrons. The summed E-state index contributed by atoms with van der Waals surface area (Å²) in [6, 6.07) is 3.11. The number of nitriles is 1. The number of hydrogen-bond donors (Lipinski definition) is 2. The molecule has 0 saturated carbocycles. The zero-order chi connectivity index (χ0) is 8.43. The monoisotopic (exact) mass is 149 g/mol. The Morgan fingerprint density at radius 3 is 2.91 bits per heavy atom. The molecule has 0 unspecified atom stereocenters. The van der Waals surface area contributed by atoms with Gasteiger partial charge in [-0.15, -0.1) is 0 Å². The van der Waals surface area contributed by atoms with Crippen LogP contribution in [0, 0.1) is 18.3 Å². The molecule has 0 spiro atoms. The maximum absolute atomic E-state index is 10.9. The molecule has 0 atom stereocenters. The summed E-state index contributed by atoms with van der Waals surface area (Å²) in [5.74, 6) is 0. The molecule has 0 aromatic carbocycles. The zero-order valence-corrected chi connectivity index (χ0v) is 6.01. The predicted molar refractivity (Wildman–Crippen MR) is 40.9 cm³/mol. The minimum Gasteiger partial charge on any atom is -0.397 e. The van der Waals surface area contributed by atoms with E-state index < -0.39 is 0 Å². The number of H-pyrrole nitrogens is 1. The van der Waals surface area contributed by atoms with Crippen LogP contribution in [0.4, 0.5) is 5.69 Å². The van der Waals surface area contributed by atoms with Crippen LogP contribution in [0.5, 0.6) is 0 Å². The average Bonchev–Trinajstić information content (AvgIpc) is 1.97. The van der Waals surface area contributed by atoms with E-state index in [1.54, 1.807) is 13.0 Å².